The highest BCUT2D eigenvalue weighted by Crippen LogP contribution is 2.16. The fraction of sp³-hybridized carbons (Fsp3) is 0.583. The Hall–Kier alpha value is -1.09. The fourth-order valence-corrected chi connectivity index (χ4v) is 2.10. The molecule has 0 radical (unpaired) electrons. The molecule has 1 aromatic heterocycles. The summed E-state index contributed by atoms with van der Waals surface area (Å²) in [6.07, 6.45) is 3.14. The minimum absolute atomic E-state index is 0.774. The number of rotatable bonds is 3. The number of nitrogens with one attached hydrogen (secondary N) is 1. The second-order valence-electron chi connectivity index (χ2n) is 4.47. The Labute approximate surface area is 91.5 Å². The van der Waals surface area contributed by atoms with Gasteiger partial charge in [-0.3, -0.25) is 0 Å². The largest absolute Gasteiger partial charge is 0.370 e. The molecule has 1 unspecified atom stereocenters. The van der Waals surface area contributed by atoms with E-state index in [1.165, 1.54) is 25.1 Å². The molecule has 1 N–H and O–H groups in total. The van der Waals surface area contributed by atoms with E-state index in [1.807, 2.05) is 12.3 Å². The number of pyridine rings is 1. The Morgan fingerprint density at radius 3 is 3.13 bits per heavy atom. The third kappa shape index (κ3) is 2.69. The van der Waals surface area contributed by atoms with Crippen LogP contribution in [-0.4, -0.2) is 36.6 Å². The topological polar surface area (TPSA) is 28.2 Å². The van der Waals surface area contributed by atoms with Crippen LogP contribution in [0.4, 0.5) is 5.82 Å². The van der Waals surface area contributed by atoms with Crippen molar-refractivity contribution in [1.29, 1.82) is 0 Å². The monoisotopic (exact) mass is 205 g/mol. The van der Waals surface area contributed by atoms with E-state index in [9.17, 15) is 0 Å². The lowest BCUT2D eigenvalue weighted by molar-refractivity contribution is 0.399. The van der Waals surface area contributed by atoms with Crippen molar-refractivity contribution >= 4 is 5.82 Å². The van der Waals surface area contributed by atoms with E-state index in [1.54, 1.807) is 0 Å². The van der Waals surface area contributed by atoms with Crippen LogP contribution < -0.4 is 5.32 Å². The van der Waals surface area contributed by atoms with Gasteiger partial charge in [0.15, 0.2) is 0 Å². The molecule has 82 valence electrons. The molecule has 0 amide bonds. The molecule has 3 heteroatoms. The first-order valence-corrected chi connectivity index (χ1v) is 5.60. The molecule has 1 atom stereocenters. The maximum Gasteiger partial charge on any atom is 0.128 e. The Balaban J connectivity index is 1.86. The second-order valence-corrected chi connectivity index (χ2v) is 4.47. The summed E-state index contributed by atoms with van der Waals surface area (Å²) in [5.74, 6) is 1.81. The van der Waals surface area contributed by atoms with E-state index >= 15 is 0 Å². The molecule has 1 saturated heterocycles. The van der Waals surface area contributed by atoms with E-state index in [4.69, 9.17) is 0 Å². The predicted molar refractivity (Wildman–Crippen MR) is 63.1 cm³/mol. The van der Waals surface area contributed by atoms with Gasteiger partial charge in [0.25, 0.3) is 0 Å². The average Bonchev–Trinajstić information content (AvgIpc) is 2.63. The van der Waals surface area contributed by atoms with Crippen molar-refractivity contribution in [3.05, 3.63) is 23.9 Å². The zero-order valence-electron chi connectivity index (χ0n) is 9.53. The summed E-state index contributed by atoms with van der Waals surface area (Å²) in [5, 5.41) is 3.44. The average molecular weight is 205 g/mol. The molecule has 0 bridgehead atoms. The SMILES string of the molecule is Cc1cccnc1NCC1CCN(C)C1. The summed E-state index contributed by atoms with van der Waals surface area (Å²) in [4.78, 5) is 6.72. The molecular weight excluding hydrogens is 186 g/mol. The van der Waals surface area contributed by atoms with Gasteiger partial charge in [0.2, 0.25) is 0 Å². The molecular formula is C12H19N3. The van der Waals surface area contributed by atoms with Crippen LogP contribution in [-0.2, 0) is 0 Å². The Morgan fingerprint density at radius 1 is 1.60 bits per heavy atom. The molecule has 0 aliphatic carbocycles. The number of hydrogen-bond acceptors (Lipinski definition) is 3. The van der Waals surface area contributed by atoms with Gasteiger partial charge in [0, 0.05) is 19.3 Å². The smallest absolute Gasteiger partial charge is 0.128 e. The van der Waals surface area contributed by atoms with E-state index in [0.29, 0.717) is 0 Å². The first-order chi connectivity index (χ1) is 7.25. The van der Waals surface area contributed by atoms with Crippen LogP contribution in [0.1, 0.15) is 12.0 Å². The first-order valence-electron chi connectivity index (χ1n) is 5.60. The molecule has 2 rings (SSSR count). The van der Waals surface area contributed by atoms with Crippen molar-refractivity contribution < 1.29 is 0 Å². The third-order valence-corrected chi connectivity index (χ3v) is 3.06. The molecule has 1 aliphatic heterocycles. The van der Waals surface area contributed by atoms with Gasteiger partial charge >= 0.3 is 0 Å². The van der Waals surface area contributed by atoms with Gasteiger partial charge in [-0.15, -0.1) is 0 Å². The molecule has 1 aliphatic rings. The molecule has 2 heterocycles. The van der Waals surface area contributed by atoms with Gasteiger partial charge in [0.1, 0.15) is 5.82 Å². The Bertz CT molecular complexity index is 324. The maximum absolute atomic E-state index is 4.33. The molecule has 0 spiro atoms. The molecule has 3 nitrogen and oxygen atoms in total. The van der Waals surface area contributed by atoms with Crippen molar-refractivity contribution in [2.45, 2.75) is 13.3 Å². The number of anilines is 1. The van der Waals surface area contributed by atoms with Gasteiger partial charge in [-0.05, 0) is 44.5 Å². The lowest BCUT2D eigenvalue weighted by atomic mass is 10.1. The van der Waals surface area contributed by atoms with E-state index in [-0.39, 0.29) is 0 Å². The van der Waals surface area contributed by atoms with Gasteiger partial charge in [-0.1, -0.05) is 6.07 Å². The van der Waals surface area contributed by atoms with Gasteiger partial charge in [-0.2, -0.15) is 0 Å². The van der Waals surface area contributed by atoms with Crippen molar-refractivity contribution in [2.24, 2.45) is 5.92 Å². The number of aromatic nitrogens is 1. The zero-order valence-corrected chi connectivity index (χ0v) is 9.53. The summed E-state index contributed by atoms with van der Waals surface area (Å²) in [6, 6.07) is 4.07. The quantitative estimate of drug-likeness (QED) is 0.815. The summed E-state index contributed by atoms with van der Waals surface area (Å²) >= 11 is 0. The molecule has 0 aromatic carbocycles. The van der Waals surface area contributed by atoms with Crippen LogP contribution in [0.15, 0.2) is 18.3 Å². The van der Waals surface area contributed by atoms with E-state index < -0.39 is 0 Å². The number of likely N-dealkylation sites (tertiary alicyclic amines) is 1. The second kappa shape index (κ2) is 4.62. The Kier molecular flexibility index (Phi) is 3.21. The molecule has 15 heavy (non-hydrogen) atoms. The van der Waals surface area contributed by atoms with Gasteiger partial charge in [-0.25, -0.2) is 4.98 Å². The molecule has 1 fully saturated rings. The minimum atomic E-state index is 0.774. The van der Waals surface area contributed by atoms with Crippen LogP contribution >= 0.6 is 0 Å². The normalized spacial score (nSPS) is 21.9. The standard InChI is InChI=1S/C12H19N3/c1-10-4-3-6-13-12(10)14-8-11-5-7-15(2)9-11/h3-4,6,11H,5,7-9H2,1-2H3,(H,13,14). The van der Waals surface area contributed by atoms with E-state index in [2.05, 4.69) is 35.2 Å². The fourth-order valence-electron chi connectivity index (χ4n) is 2.10. The summed E-state index contributed by atoms with van der Waals surface area (Å²) in [7, 11) is 2.19. The zero-order chi connectivity index (χ0) is 10.7. The Morgan fingerprint density at radius 2 is 2.47 bits per heavy atom. The summed E-state index contributed by atoms with van der Waals surface area (Å²) in [6.45, 7) is 5.57. The maximum atomic E-state index is 4.33. The number of nitrogens with zero attached hydrogens (tertiary/aromatic N) is 2. The molecule has 1 aromatic rings. The summed E-state index contributed by atoms with van der Waals surface area (Å²) in [5.41, 5.74) is 1.23. The number of hydrogen-bond donors (Lipinski definition) is 1. The lowest BCUT2D eigenvalue weighted by Gasteiger charge is -2.13. The van der Waals surface area contributed by atoms with Crippen molar-refractivity contribution in [3.63, 3.8) is 0 Å². The van der Waals surface area contributed by atoms with Crippen molar-refractivity contribution in [3.8, 4) is 0 Å². The van der Waals surface area contributed by atoms with Crippen LogP contribution in [0, 0.1) is 12.8 Å². The highest BCUT2D eigenvalue weighted by molar-refractivity contribution is 5.42. The lowest BCUT2D eigenvalue weighted by Crippen LogP contribution is -2.19. The van der Waals surface area contributed by atoms with Gasteiger partial charge < -0.3 is 10.2 Å². The van der Waals surface area contributed by atoms with Crippen molar-refractivity contribution in [2.75, 3.05) is 32.0 Å². The first kappa shape index (κ1) is 10.4. The van der Waals surface area contributed by atoms with Crippen LogP contribution in [0.2, 0.25) is 0 Å². The highest BCUT2D eigenvalue weighted by Gasteiger charge is 2.18. The highest BCUT2D eigenvalue weighted by atomic mass is 15.1. The van der Waals surface area contributed by atoms with Gasteiger partial charge in [0.05, 0.1) is 0 Å². The predicted octanol–water partition coefficient (Wildman–Crippen LogP) is 1.75. The summed E-state index contributed by atoms with van der Waals surface area (Å²) < 4.78 is 0. The number of aryl methyl sites for hydroxylation is 1. The van der Waals surface area contributed by atoms with Crippen LogP contribution in [0.5, 0.6) is 0 Å². The third-order valence-electron chi connectivity index (χ3n) is 3.06. The molecule has 0 saturated carbocycles. The minimum Gasteiger partial charge on any atom is -0.370 e. The van der Waals surface area contributed by atoms with Crippen LogP contribution in [0.25, 0.3) is 0 Å². The van der Waals surface area contributed by atoms with E-state index in [0.717, 1.165) is 18.3 Å². The van der Waals surface area contributed by atoms with Crippen LogP contribution in [0.3, 0.4) is 0 Å². The van der Waals surface area contributed by atoms with Crippen molar-refractivity contribution in [1.82, 2.24) is 9.88 Å².